The second-order valence-corrected chi connectivity index (χ2v) is 8.15. The zero-order chi connectivity index (χ0) is 22.2. The van der Waals surface area contributed by atoms with E-state index < -0.39 is 36.3 Å². The first-order chi connectivity index (χ1) is 14.0. The predicted molar refractivity (Wildman–Crippen MR) is 97.1 cm³/mol. The van der Waals surface area contributed by atoms with Gasteiger partial charge in [0, 0.05) is 12.2 Å². The molecule has 0 radical (unpaired) electrons. The van der Waals surface area contributed by atoms with Gasteiger partial charge in [0.05, 0.1) is 17.6 Å². The smallest absolute Gasteiger partial charge is 0.387 e. The number of amides is 1. The molecule has 2 N–H and O–H groups in total. The van der Waals surface area contributed by atoms with Crippen molar-refractivity contribution in [3.05, 3.63) is 29.8 Å². The van der Waals surface area contributed by atoms with Gasteiger partial charge in [0.15, 0.2) is 6.10 Å². The molecule has 1 aliphatic heterocycles. The number of carbonyl (C=O) groups is 1. The molecule has 1 spiro atoms. The maximum Gasteiger partial charge on any atom is 0.418 e. The summed E-state index contributed by atoms with van der Waals surface area (Å²) < 4.78 is 67.2. The van der Waals surface area contributed by atoms with Crippen LogP contribution in [0.1, 0.15) is 43.8 Å². The number of hydrogen-bond acceptors (Lipinski definition) is 4. The highest BCUT2D eigenvalue weighted by Gasteiger charge is 2.51. The Hall–Kier alpha value is -1.78. The number of halogens is 5. The summed E-state index contributed by atoms with van der Waals surface area (Å²) in [5, 5.41) is 19.9. The number of aliphatic hydroxyl groups excluding tert-OH is 1. The molecule has 1 amide bonds. The van der Waals surface area contributed by atoms with Crippen LogP contribution in [0.25, 0.3) is 0 Å². The molecule has 1 saturated heterocycles. The van der Waals surface area contributed by atoms with Crippen LogP contribution in [-0.4, -0.2) is 54.1 Å². The van der Waals surface area contributed by atoms with Gasteiger partial charge in [-0.05, 0) is 49.8 Å². The molecule has 1 heterocycles. The first-order valence-electron chi connectivity index (χ1n) is 9.71. The van der Waals surface area contributed by atoms with E-state index in [9.17, 15) is 37.0 Å². The number of aliphatic hydroxyl groups is 2. The topological polar surface area (TPSA) is 70.0 Å². The van der Waals surface area contributed by atoms with Gasteiger partial charge in [-0.15, -0.1) is 0 Å². The van der Waals surface area contributed by atoms with Crippen molar-refractivity contribution in [3.8, 4) is 0 Å². The Balaban J connectivity index is 1.62. The molecule has 0 aromatic heterocycles. The Kier molecular flexibility index (Phi) is 6.41. The molecule has 3 rings (SSSR count). The van der Waals surface area contributed by atoms with Crippen LogP contribution in [0.2, 0.25) is 0 Å². The Morgan fingerprint density at radius 1 is 1.07 bits per heavy atom. The van der Waals surface area contributed by atoms with E-state index in [1.54, 1.807) is 0 Å². The van der Waals surface area contributed by atoms with Gasteiger partial charge in [0.2, 0.25) is 5.91 Å². The Bertz CT molecular complexity index is 745. The van der Waals surface area contributed by atoms with E-state index in [1.165, 1.54) is 17.0 Å². The highest BCUT2D eigenvalue weighted by Crippen LogP contribution is 2.48. The van der Waals surface area contributed by atoms with Crippen molar-refractivity contribution in [3.63, 3.8) is 0 Å². The Labute approximate surface area is 170 Å². The summed E-state index contributed by atoms with van der Waals surface area (Å²) in [6, 6.07) is 5.04. The maximum absolute atomic E-state index is 13.1. The number of alkyl halides is 5. The molecule has 5 nitrogen and oxygen atoms in total. The van der Waals surface area contributed by atoms with Crippen molar-refractivity contribution in [2.24, 2.45) is 5.41 Å². The number of hydrogen-bond donors (Lipinski definition) is 2. The Morgan fingerprint density at radius 2 is 1.67 bits per heavy atom. The average molecular weight is 437 g/mol. The van der Waals surface area contributed by atoms with Crippen molar-refractivity contribution in [1.82, 2.24) is 0 Å². The fourth-order valence-electron chi connectivity index (χ4n) is 4.23. The highest BCUT2D eigenvalue weighted by atomic mass is 19.4. The maximum atomic E-state index is 13.1. The number of benzene rings is 1. The van der Waals surface area contributed by atoms with Gasteiger partial charge in [0.25, 0.3) is 6.43 Å². The number of carbonyl (C=O) groups excluding carboxylic acids is 1. The van der Waals surface area contributed by atoms with Gasteiger partial charge in [-0.25, -0.2) is 8.78 Å². The summed E-state index contributed by atoms with van der Waals surface area (Å²) in [6.45, 7) is -0.576. The minimum Gasteiger partial charge on any atom is -0.387 e. The van der Waals surface area contributed by atoms with Crippen LogP contribution in [0, 0.1) is 5.41 Å². The zero-order valence-electron chi connectivity index (χ0n) is 16.2. The molecule has 30 heavy (non-hydrogen) atoms. The zero-order valence-corrected chi connectivity index (χ0v) is 16.2. The normalized spacial score (nSPS) is 28.5. The van der Waals surface area contributed by atoms with Crippen LogP contribution in [0.3, 0.4) is 0 Å². The quantitative estimate of drug-likeness (QED) is 0.668. The molecule has 0 unspecified atom stereocenters. The lowest BCUT2D eigenvalue weighted by molar-refractivity contribution is -0.206. The lowest BCUT2D eigenvalue weighted by Gasteiger charge is -2.40. The second-order valence-electron chi connectivity index (χ2n) is 8.15. The summed E-state index contributed by atoms with van der Waals surface area (Å²) in [5.74, 6) is -0.165. The number of rotatable bonds is 6. The fraction of sp³-hybridized carbons (Fsp3) is 0.650. The molecule has 10 heteroatoms. The summed E-state index contributed by atoms with van der Waals surface area (Å²) in [5.41, 5.74) is -1.79. The molecule has 0 bridgehead atoms. The van der Waals surface area contributed by atoms with E-state index in [1.807, 2.05) is 0 Å². The molecule has 1 aliphatic carbocycles. The van der Waals surface area contributed by atoms with Crippen molar-refractivity contribution < 1.29 is 41.7 Å². The summed E-state index contributed by atoms with van der Waals surface area (Å²) >= 11 is 0. The van der Waals surface area contributed by atoms with Crippen LogP contribution in [0.4, 0.5) is 27.6 Å². The van der Waals surface area contributed by atoms with E-state index >= 15 is 0 Å². The highest BCUT2D eigenvalue weighted by molar-refractivity contribution is 6.00. The average Bonchev–Trinajstić information content (AvgIpc) is 2.99. The van der Waals surface area contributed by atoms with Gasteiger partial charge < -0.3 is 19.8 Å². The van der Waals surface area contributed by atoms with Crippen LogP contribution < -0.4 is 4.90 Å². The third-order valence-corrected chi connectivity index (χ3v) is 6.10. The van der Waals surface area contributed by atoms with Crippen LogP contribution in [0.15, 0.2) is 24.3 Å². The molecular weight excluding hydrogens is 413 g/mol. The van der Waals surface area contributed by atoms with E-state index in [0.29, 0.717) is 31.5 Å². The van der Waals surface area contributed by atoms with E-state index in [2.05, 4.69) is 0 Å². The minimum atomic E-state index is -4.77. The summed E-state index contributed by atoms with van der Waals surface area (Å²) in [7, 11) is 0. The van der Waals surface area contributed by atoms with Crippen molar-refractivity contribution in [2.75, 3.05) is 24.7 Å². The molecule has 2 aliphatic rings. The third-order valence-electron chi connectivity index (χ3n) is 6.10. The molecule has 1 aromatic carbocycles. The van der Waals surface area contributed by atoms with Gasteiger partial charge in [-0.2, -0.15) is 13.2 Å². The minimum absolute atomic E-state index is 0.165. The van der Waals surface area contributed by atoms with Gasteiger partial charge in [-0.3, -0.25) is 4.79 Å². The van der Waals surface area contributed by atoms with Crippen molar-refractivity contribution >= 4 is 11.6 Å². The summed E-state index contributed by atoms with van der Waals surface area (Å²) in [6.07, 6.45) is -8.20. The first kappa shape index (κ1) is 22.9. The first-order valence-corrected chi connectivity index (χ1v) is 9.71. The number of nitrogens with zero attached hydrogens (tertiary/aromatic N) is 1. The van der Waals surface area contributed by atoms with Gasteiger partial charge >= 0.3 is 6.18 Å². The SMILES string of the molecule is O=C1N(c2ccc([C@@H](O)C(F)(F)F)cc2)CC[C@]12CC[C@@](O)(COCC(F)F)CC2. The molecule has 1 aromatic rings. The molecule has 168 valence electrons. The van der Waals surface area contributed by atoms with Crippen molar-refractivity contribution in [2.45, 2.75) is 56.4 Å². The predicted octanol–water partition coefficient (Wildman–Crippen LogP) is 3.59. The van der Waals surface area contributed by atoms with E-state index in [4.69, 9.17) is 4.74 Å². The van der Waals surface area contributed by atoms with E-state index in [0.717, 1.165) is 12.1 Å². The van der Waals surface area contributed by atoms with Crippen LogP contribution >= 0.6 is 0 Å². The fourth-order valence-corrected chi connectivity index (χ4v) is 4.23. The van der Waals surface area contributed by atoms with Crippen molar-refractivity contribution in [1.29, 1.82) is 0 Å². The van der Waals surface area contributed by atoms with E-state index in [-0.39, 0.29) is 30.9 Å². The molecular formula is C20H24F5NO4. The van der Waals surface area contributed by atoms with Gasteiger partial charge in [-0.1, -0.05) is 12.1 Å². The largest absolute Gasteiger partial charge is 0.418 e. The lowest BCUT2D eigenvalue weighted by atomic mass is 9.68. The lowest BCUT2D eigenvalue weighted by Crippen LogP contribution is -2.46. The Morgan fingerprint density at radius 3 is 2.20 bits per heavy atom. The van der Waals surface area contributed by atoms with Gasteiger partial charge in [0.1, 0.15) is 6.61 Å². The standard InChI is InChI=1S/C20H24F5NO4/c21-15(22)11-30-12-19(29)7-5-18(6-8-19)9-10-26(17(18)28)14-3-1-13(2-4-14)16(27)20(23,24)25/h1-4,15-16,27,29H,5-12H2/t16-,18-,19+/m1/s1. The van der Waals surface area contributed by atoms with Crippen LogP contribution in [-0.2, 0) is 9.53 Å². The number of ether oxygens (including phenoxy) is 1. The monoisotopic (exact) mass is 437 g/mol. The third kappa shape index (κ3) is 4.76. The molecule has 1 saturated carbocycles. The molecule has 2 fully saturated rings. The second kappa shape index (κ2) is 8.39. The number of anilines is 1. The van der Waals surface area contributed by atoms with Crippen LogP contribution in [0.5, 0.6) is 0 Å². The molecule has 1 atom stereocenters. The summed E-state index contributed by atoms with van der Waals surface area (Å²) in [4.78, 5) is 14.6.